The highest BCUT2D eigenvalue weighted by molar-refractivity contribution is 7.99. The number of nitrogens with zero attached hydrogens (tertiary/aromatic N) is 5. The third kappa shape index (κ3) is 4.68. The van der Waals surface area contributed by atoms with E-state index in [9.17, 15) is 4.79 Å². The molecule has 3 aromatic rings. The number of amides is 1. The van der Waals surface area contributed by atoms with E-state index >= 15 is 0 Å². The molecule has 0 aliphatic rings. The summed E-state index contributed by atoms with van der Waals surface area (Å²) in [5.74, 6) is 0.633. The fourth-order valence-corrected chi connectivity index (χ4v) is 3.00. The Kier molecular flexibility index (Phi) is 5.98. The van der Waals surface area contributed by atoms with Crippen LogP contribution in [-0.2, 0) is 11.8 Å². The number of nitrogens with one attached hydrogen (secondary N) is 1. The summed E-state index contributed by atoms with van der Waals surface area (Å²) < 4.78 is 1.82. The van der Waals surface area contributed by atoms with Crippen molar-refractivity contribution in [1.82, 2.24) is 25.2 Å². The Labute approximate surface area is 159 Å². The van der Waals surface area contributed by atoms with Crippen molar-refractivity contribution < 1.29 is 4.79 Å². The maximum Gasteiger partial charge on any atom is 0.250 e. The highest BCUT2D eigenvalue weighted by Gasteiger charge is 2.13. The fraction of sp³-hybridized carbons (Fsp3) is 0.118. The molecule has 132 valence electrons. The van der Waals surface area contributed by atoms with Gasteiger partial charge in [-0.05, 0) is 29.8 Å². The number of aromatic nitrogens is 4. The van der Waals surface area contributed by atoms with Gasteiger partial charge in [-0.1, -0.05) is 35.5 Å². The van der Waals surface area contributed by atoms with E-state index in [-0.39, 0.29) is 11.7 Å². The van der Waals surface area contributed by atoms with Gasteiger partial charge in [-0.25, -0.2) is 5.43 Å². The molecular weight excluding hydrogens is 372 g/mol. The van der Waals surface area contributed by atoms with E-state index in [1.54, 1.807) is 36.8 Å². The minimum atomic E-state index is -0.229. The first-order valence-corrected chi connectivity index (χ1v) is 9.00. The summed E-state index contributed by atoms with van der Waals surface area (Å²) in [6.45, 7) is 0. The van der Waals surface area contributed by atoms with Crippen molar-refractivity contribution in [3.05, 3.63) is 59.4 Å². The van der Waals surface area contributed by atoms with Crippen LogP contribution in [0.2, 0.25) is 5.02 Å². The SMILES string of the molecule is Cn1c(SCC(=O)N/N=C/c2ccncc2)nnc1-c1cccc(Cl)c1. The number of hydrazone groups is 1. The number of carbonyl (C=O) groups is 1. The summed E-state index contributed by atoms with van der Waals surface area (Å²) in [6.07, 6.45) is 4.87. The Morgan fingerprint density at radius 2 is 2.12 bits per heavy atom. The molecule has 1 amide bonds. The molecule has 0 aliphatic carbocycles. The Morgan fingerprint density at radius 3 is 2.88 bits per heavy atom. The van der Waals surface area contributed by atoms with Crippen LogP contribution in [0.25, 0.3) is 11.4 Å². The second-order valence-electron chi connectivity index (χ2n) is 5.24. The summed E-state index contributed by atoms with van der Waals surface area (Å²) in [7, 11) is 1.85. The lowest BCUT2D eigenvalue weighted by molar-refractivity contribution is -0.118. The first-order chi connectivity index (χ1) is 12.6. The van der Waals surface area contributed by atoms with Gasteiger partial charge in [0.15, 0.2) is 11.0 Å². The predicted octanol–water partition coefficient (Wildman–Crippen LogP) is 2.77. The van der Waals surface area contributed by atoms with Gasteiger partial charge < -0.3 is 4.57 Å². The van der Waals surface area contributed by atoms with Crippen molar-refractivity contribution in [2.75, 3.05) is 5.75 Å². The van der Waals surface area contributed by atoms with Gasteiger partial charge in [-0.3, -0.25) is 9.78 Å². The number of hydrogen-bond acceptors (Lipinski definition) is 6. The number of thioether (sulfide) groups is 1. The number of rotatable bonds is 6. The van der Waals surface area contributed by atoms with Gasteiger partial charge in [0.25, 0.3) is 5.91 Å². The van der Waals surface area contributed by atoms with Crippen LogP contribution in [0, 0.1) is 0 Å². The van der Waals surface area contributed by atoms with E-state index in [4.69, 9.17) is 11.6 Å². The molecule has 9 heteroatoms. The maximum absolute atomic E-state index is 11.9. The molecule has 0 saturated carbocycles. The molecule has 3 rings (SSSR count). The summed E-state index contributed by atoms with van der Waals surface area (Å²) in [4.78, 5) is 15.8. The van der Waals surface area contributed by atoms with Gasteiger partial charge in [-0.15, -0.1) is 10.2 Å². The minimum absolute atomic E-state index is 0.176. The minimum Gasteiger partial charge on any atom is -0.305 e. The summed E-state index contributed by atoms with van der Waals surface area (Å²) >= 11 is 7.30. The van der Waals surface area contributed by atoms with E-state index in [0.717, 1.165) is 11.1 Å². The smallest absolute Gasteiger partial charge is 0.250 e. The number of halogens is 1. The van der Waals surface area contributed by atoms with Crippen LogP contribution < -0.4 is 5.43 Å². The van der Waals surface area contributed by atoms with E-state index in [1.807, 2.05) is 29.8 Å². The van der Waals surface area contributed by atoms with Gasteiger partial charge in [0, 0.05) is 30.0 Å². The zero-order valence-electron chi connectivity index (χ0n) is 13.8. The zero-order chi connectivity index (χ0) is 18.4. The Bertz CT molecular complexity index is 928. The Morgan fingerprint density at radius 1 is 1.31 bits per heavy atom. The summed E-state index contributed by atoms with van der Waals surface area (Å²) in [5, 5.41) is 13.5. The van der Waals surface area contributed by atoms with Crippen LogP contribution in [0.3, 0.4) is 0 Å². The summed E-state index contributed by atoms with van der Waals surface area (Å²) in [6, 6.07) is 11.0. The third-order valence-corrected chi connectivity index (χ3v) is 4.61. The Hall–Kier alpha value is -2.71. The van der Waals surface area contributed by atoms with Crippen molar-refractivity contribution in [2.45, 2.75) is 5.16 Å². The first kappa shape index (κ1) is 18.1. The number of benzene rings is 1. The molecule has 7 nitrogen and oxygen atoms in total. The quantitative estimate of drug-likeness (QED) is 0.400. The van der Waals surface area contributed by atoms with E-state index < -0.39 is 0 Å². The summed E-state index contributed by atoms with van der Waals surface area (Å²) in [5.41, 5.74) is 4.20. The Balaban J connectivity index is 1.56. The van der Waals surface area contributed by atoms with Crippen molar-refractivity contribution in [3.63, 3.8) is 0 Å². The highest BCUT2D eigenvalue weighted by Crippen LogP contribution is 2.24. The topological polar surface area (TPSA) is 85.1 Å². The van der Waals surface area contributed by atoms with Crippen LogP contribution in [0.4, 0.5) is 0 Å². The molecule has 0 spiro atoms. The average Bonchev–Trinajstić information content (AvgIpc) is 3.01. The predicted molar refractivity (Wildman–Crippen MR) is 102 cm³/mol. The number of carbonyl (C=O) groups excluding carboxylic acids is 1. The highest BCUT2D eigenvalue weighted by atomic mass is 35.5. The van der Waals surface area contributed by atoms with Crippen LogP contribution in [0.15, 0.2) is 59.0 Å². The van der Waals surface area contributed by atoms with Crippen LogP contribution in [0.1, 0.15) is 5.56 Å². The van der Waals surface area contributed by atoms with Crippen molar-refractivity contribution in [1.29, 1.82) is 0 Å². The molecule has 0 saturated heterocycles. The lowest BCUT2D eigenvalue weighted by Gasteiger charge is -2.04. The molecule has 0 unspecified atom stereocenters. The molecule has 26 heavy (non-hydrogen) atoms. The molecule has 1 aromatic carbocycles. The van der Waals surface area contributed by atoms with Gasteiger partial charge in [-0.2, -0.15) is 5.10 Å². The lowest BCUT2D eigenvalue weighted by atomic mass is 10.2. The molecule has 0 bridgehead atoms. The zero-order valence-corrected chi connectivity index (χ0v) is 15.4. The van der Waals surface area contributed by atoms with Crippen molar-refractivity contribution >= 4 is 35.5 Å². The van der Waals surface area contributed by atoms with Gasteiger partial charge >= 0.3 is 0 Å². The lowest BCUT2D eigenvalue weighted by Crippen LogP contribution is -2.19. The van der Waals surface area contributed by atoms with Crippen LogP contribution in [0.5, 0.6) is 0 Å². The van der Waals surface area contributed by atoms with Gasteiger partial charge in [0.2, 0.25) is 0 Å². The monoisotopic (exact) mass is 386 g/mol. The molecule has 1 N–H and O–H groups in total. The second kappa shape index (κ2) is 8.59. The van der Waals surface area contributed by atoms with Gasteiger partial charge in [0.05, 0.1) is 12.0 Å². The largest absolute Gasteiger partial charge is 0.305 e. The van der Waals surface area contributed by atoms with Crippen molar-refractivity contribution in [2.24, 2.45) is 12.1 Å². The molecule has 2 aromatic heterocycles. The normalized spacial score (nSPS) is 11.0. The standard InChI is InChI=1S/C17H15ClN6OS/c1-24-16(13-3-2-4-14(18)9-13)22-23-17(24)26-11-15(25)21-20-10-12-5-7-19-8-6-12/h2-10H,11H2,1H3,(H,21,25)/b20-10+. The maximum atomic E-state index is 11.9. The molecule has 0 radical (unpaired) electrons. The molecule has 2 heterocycles. The van der Waals surface area contributed by atoms with Crippen molar-refractivity contribution in [3.8, 4) is 11.4 Å². The molecular formula is C17H15ClN6OS. The molecule has 0 fully saturated rings. The van der Waals surface area contributed by atoms with E-state index in [2.05, 4.69) is 25.7 Å². The van der Waals surface area contributed by atoms with Crippen LogP contribution >= 0.6 is 23.4 Å². The number of hydrogen-bond donors (Lipinski definition) is 1. The van der Waals surface area contributed by atoms with Gasteiger partial charge in [0.1, 0.15) is 0 Å². The molecule has 0 atom stereocenters. The van der Waals surface area contributed by atoms with Crippen LogP contribution in [-0.4, -0.2) is 37.6 Å². The average molecular weight is 387 g/mol. The van der Waals surface area contributed by atoms with E-state index in [1.165, 1.54) is 11.8 Å². The number of pyridine rings is 1. The second-order valence-corrected chi connectivity index (χ2v) is 6.62. The first-order valence-electron chi connectivity index (χ1n) is 7.63. The molecule has 0 aliphatic heterocycles. The van der Waals surface area contributed by atoms with E-state index in [0.29, 0.717) is 16.0 Å². The third-order valence-electron chi connectivity index (χ3n) is 3.36. The fourth-order valence-electron chi connectivity index (χ4n) is 2.11.